The zero-order valence-electron chi connectivity index (χ0n) is 11.1. The molecule has 0 radical (unpaired) electrons. The van der Waals surface area contributed by atoms with Gasteiger partial charge in [-0.25, -0.2) is 0 Å². The van der Waals surface area contributed by atoms with Crippen LogP contribution in [0.25, 0.3) is 0 Å². The van der Waals surface area contributed by atoms with E-state index < -0.39 is 0 Å². The third-order valence-corrected chi connectivity index (χ3v) is 3.26. The molecule has 0 fully saturated rings. The van der Waals surface area contributed by atoms with Crippen molar-refractivity contribution in [1.82, 2.24) is 10.1 Å². The highest BCUT2D eigenvalue weighted by Crippen LogP contribution is 2.26. The van der Waals surface area contributed by atoms with Gasteiger partial charge in [-0.2, -0.15) is 4.98 Å². The van der Waals surface area contributed by atoms with E-state index in [0.717, 1.165) is 12.2 Å². The van der Waals surface area contributed by atoms with Gasteiger partial charge >= 0.3 is 0 Å². The highest BCUT2D eigenvalue weighted by molar-refractivity contribution is 5.21. The molecular formula is C15H17N3O2. The quantitative estimate of drug-likeness (QED) is 0.842. The van der Waals surface area contributed by atoms with E-state index in [4.69, 9.17) is 15.0 Å². The summed E-state index contributed by atoms with van der Waals surface area (Å²) in [5.41, 5.74) is 5.82. The van der Waals surface area contributed by atoms with Crippen LogP contribution in [0.4, 0.5) is 0 Å². The van der Waals surface area contributed by atoms with E-state index in [1.165, 1.54) is 0 Å². The van der Waals surface area contributed by atoms with Gasteiger partial charge in [-0.05, 0) is 18.6 Å². The number of nitrogens with zero attached hydrogens (tertiary/aromatic N) is 2. The first-order valence-electron chi connectivity index (χ1n) is 6.75. The van der Waals surface area contributed by atoms with E-state index in [9.17, 15) is 0 Å². The Labute approximate surface area is 117 Å². The van der Waals surface area contributed by atoms with Gasteiger partial charge in [0.25, 0.3) is 0 Å². The Balaban J connectivity index is 1.52. The Morgan fingerprint density at radius 3 is 2.85 bits per heavy atom. The molecule has 2 unspecified atom stereocenters. The lowest BCUT2D eigenvalue weighted by atomic mass is 10.1. The number of hydrogen-bond acceptors (Lipinski definition) is 5. The van der Waals surface area contributed by atoms with Gasteiger partial charge in [0.1, 0.15) is 5.75 Å². The van der Waals surface area contributed by atoms with Crippen LogP contribution in [-0.2, 0) is 6.42 Å². The normalized spacial score (nSPS) is 21.2. The van der Waals surface area contributed by atoms with E-state index >= 15 is 0 Å². The minimum atomic E-state index is 0.0942. The van der Waals surface area contributed by atoms with Gasteiger partial charge < -0.3 is 15.0 Å². The van der Waals surface area contributed by atoms with Gasteiger partial charge in [0.05, 0.1) is 12.5 Å². The van der Waals surface area contributed by atoms with Gasteiger partial charge in [-0.15, -0.1) is 0 Å². The SMILES string of the molecule is NC1C=CC(c2nc(CCOc3ccccc3)no2)C1. The van der Waals surface area contributed by atoms with E-state index in [1.54, 1.807) is 0 Å². The molecule has 2 N–H and O–H groups in total. The summed E-state index contributed by atoms with van der Waals surface area (Å²) in [6.45, 7) is 0.531. The van der Waals surface area contributed by atoms with E-state index in [-0.39, 0.29) is 12.0 Å². The molecule has 5 nitrogen and oxygen atoms in total. The van der Waals surface area contributed by atoms with E-state index in [2.05, 4.69) is 10.1 Å². The molecule has 1 heterocycles. The summed E-state index contributed by atoms with van der Waals surface area (Å²) in [4.78, 5) is 4.39. The van der Waals surface area contributed by atoms with Crippen LogP contribution in [0.3, 0.4) is 0 Å². The van der Waals surface area contributed by atoms with Crippen molar-refractivity contribution < 1.29 is 9.26 Å². The largest absolute Gasteiger partial charge is 0.493 e. The van der Waals surface area contributed by atoms with Gasteiger partial charge in [0.2, 0.25) is 5.89 Å². The maximum Gasteiger partial charge on any atom is 0.233 e. The fraction of sp³-hybridized carbons (Fsp3) is 0.333. The van der Waals surface area contributed by atoms with Crippen LogP contribution < -0.4 is 10.5 Å². The first-order valence-corrected chi connectivity index (χ1v) is 6.75. The van der Waals surface area contributed by atoms with Crippen LogP contribution in [-0.4, -0.2) is 22.8 Å². The average molecular weight is 271 g/mol. The van der Waals surface area contributed by atoms with E-state index in [0.29, 0.717) is 24.7 Å². The summed E-state index contributed by atoms with van der Waals surface area (Å²) in [6.07, 6.45) is 5.47. The van der Waals surface area contributed by atoms with Crippen LogP contribution in [0, 0.1) is 0 Å². The Hall–Kier alpha value is -2.14. The van der Waals surface area contributed by atoms with Crippen molar-refractivity contribution in [1.29, 1.82) is 0 Å². The summed E-state index contributed by atoms with van der Waals surface area (Å²) in [7, 11) is 0. The fourth-order valence-electron chi connectivity index (χ4n) is 2.21. The third-order valence-electron chi connectivity index (χ3n) is 3.26. The van der Waals surface area contributed by atoms with Crippen molar-refractivity contribution in [3.8, 4) is 5.75 Å². The zero-order chi connectivity index (χ0) is 13.8. The second-order valence-corrected chi connectivity index (χ2v) is 4.85. The Kier molecular flexibility index (Phi) is 3.78. The minimum absolute atomic E-state index is 0.0942. The number of benzene rings is 1. The number of aromatic nitrogens is 2. The average Bonchev–Trinajstić information content (AvgIpc) is 3.09. The predicted octanol–water partition coefficient (Wildman–Crippen LogP) is 2.06. The minimum Gasteiger partial charge on any atom is -0.493 e. The Morgan fingerprint density at radius 2 is 2.10 bits per heavy atom. The van der Waals surface area contributed by atoms with Crippen LogP contribution in [0.5, 0.6) is 5.75 Å². The van der Waals surface area contributed by atoms with Crippen LogP contribution in [0.2, 0.25) is 0 Å². The van der Waals surface area contributed by atoms with Gasteiger partial charge in [-0.1, -0.05) is 35.5 Å². The molecule has 1 aliphatic carbocycles. The first-order chi connectivity index (χ1) is 9.81. The Morgan fingerprint density at radius 1 is 1.25 bits per heavy atom. The standard InChI is InChI=1S/C15H17N3O2/c16-12-7-6-11(10-12)15-17-14(18-20-15)8-9-19-13-4-2-1-3-5-13/h1-7,11-12H,8-10,16H2. The molecule has 3 rings (SSSR count). The van der Waals surface area contributed by atoms with Crippen molar-refractivity contribution in [3.05, 3.63) is 54.2 Å². The number of hydrogen-bond donors (Lipinski definition) is 1. The van der Waals surface area contributed by atoms with Crippen LogP contribution in [0.1, 0.15) is 24.1 Å². The number of ether oxygens (including phenoxy) is 1. The van der Waals surface area contributed by atoms with Crippen molar-refractivity contribution in [2.24, 2.45) is 5.73 Å². The Bertz CT molecular complexity index is 580. The summed E-state index contributed by atoms with van der Waals surface area (Å²) in [5, 5.41) is 3.98. The molecule has 5 heteroatoms. The van der Waals surface area contributed by atoms with Crippen molar-refractivity contribution in [3.63, 3.8) is 0 Å². The first kappa shape index (κ1) is 12.9. The summed E-state index contributed by atoms with van der Waals surface area (Å²) < 4.78 is 10.9. The highest BCUT2D eigenvalue weighted by atomic mass is 16.5. The third kappa shape index (κ3) is 3.05. The van der Waals surface area contributed by atoms with Crippen molar-refractivity contribution in [2.45, 2.75) is 24.8 Å². The molecule has 2 atom stereocenters. The molecule has 20 heavy (non-hydrogen) atoms. The number of allylic oxidation sites excluding steroid dienone is 1. The zero-order valence-corrected chi connectivity index (χ0v) is 11.1. The number of nitrogens with two attached hydrogens (primary N) is 1. The van der Waals surface area contributed by atoms with Crippen LogP contribution in [0.15, 0.2) is 47.0 Å². The molecule has 0 saturated carbocycles. The number of para-hydroxylation sites is 1. The van der Waals surface area contributed by atoms with Crippen molar-refractivity contribution >= 4 is 0 Å². The van der Waals surface area contributed by atoms with Crippen molar-refractivity contribution in [2.75, 3.05) is 6.61 Å². The van der Waals surface area contributed by atoms with Gasteiger partial charge in [0, 0.05) is 12.5 Å². The molecule has 0 spiro atoms. The molecule has 1 aliphatic rings. The second-order valence-electron chi connectivity index (χ2n) is 4.85. The molecule has 1 aromatic carbocycles. The fourth-order valence-corrected chi connectivity index (χ4v) is 2.21. The smallest absolute Gasteiger partial charge is 0.233 e. The van der Waals surface area contributed by atoms with Crippen LogP contribution >= 0.6 is 0 Å². The molecule has 104 valence electrons. The molecule has 0 amide bonds. The number of rotatable bonds is 5. The molecule has 2 aromatic rings. The predicted molar refractivity (Wildman–Crippen MR) is 74.4 cm³/mol. The molecule has 0 saturated heterocycles. The molecule has 0 aliphatic heterocycles. The maximum absolute atomic E-state index is 5.82. The maximum atomic E-state index is 5.82. The molecular weight excluding hydrogens is 254 g/mol. The lowest BCUT2D eigenvalue weighted by Crippen LogP contribution is -2.14. The van der Waals surface area contributed by atoms with Gasteiger partial charge in [0.15, 0.2) is 5.82 Å². The monoisotopic (exact) mass is 271 g/mol. The summed E-state index contributed by atoms with van der Waals surface area (Å²) in [6, 6.07) is 9.78. The second kappa shape index (κ2) is 5.88. The highest BCUT2D eigenvalue weighted by Gasteiger charge is 2.22. The molecule has 0 bridgehead atoms. The van der Waals surface area contributed by atoms with E-state index in [1.807, 2.05) is 42.5 Å². The summed E-state index contributed by atoms with van der Waals surface area (Å²) >= 11 is 0. The van der Waals surface area contributed by atoms with Gasteiger partial charge in [-0.3, -0.25) is 0 Å². The molecule has 1 aromatic heterocycles. The topological polar surface area (TPSA) is 74.2 Å². The lowest BCUT2D eigenvalue weighted by Gasteiger charge is -2.03. The lowest BCUT2D eigenvalue weighted by molar-refractivity contribution is 0.313. The summed E-state index contributed by atoms with van der Waals surface area (Å²) in [5.74, 6) is 2.32.